The van der Waals surface area contributed by atoms with E-state index in [2.05, 4.69) is 47.9 Å². The van der Waals surface area contributed by atoms with Gasteiger partial charge in [-0.2, -0.15) is 11.8 Å². The minimum absolute atomic E-state index is 0.279. The molecule has 0 unspecified atom stereocenters. The predicted octanol–water partition coefficient (Wildman–Crippen LogP) is 6.64. The van der Waals surface area contributed by atoms with Gasteiger partial charge in [-0.25, -0.2) is 4.79 Å². The van der Waals surface area contributed by atoms with Crippen molar-refractivity contribution in [2.45, 2.75) is 52.1 Å². The minimum Gasteiger partial charge on any atom is -0.467 e. The van der Waals surface area contributed by atoms with Crippen LogP contribution in [0.25, 0.3) is 11.1 Å². The lowest BCUT2D eigenvalue weighted by atomic mass is 9.93. The number of nitrogens with one attached hydrogen (secondary N) is 2. The van der Waals surface area contributed by atoms with E-state index in [1.165, 1.54) is 12.7 Å². The van der Waals surface area contributed by atoms with Gasteiger partial charge in [-0.05, 0) is 84.2 Å². The molecule has 0 saturated carbocycles. The van der Waals surface area contributed by atoms with Crippen molar-refractivity contribution in [3.63, 3.8) is 0 Å². The number of anilines is 1. The molecule has 0 radical (unpaired) electrons. The molecule has 0 aliphatic heterocycles. The standard InChI is InChI=1S/C31H38N2O3S/c1-5-6-12-24-13-8-10-15-28(24)32-21-23-16-17-26(27(20-23)25-14-9-7-11-22(25)2)30(34)33-29(18-19-37-4)31(35)36-3/h7-11,13-17,20,29,32H,5-6,12,18-19,21H2,1-4H3,(H,33,34)/t29-/m0/s1. The van der Waals surface area contributed by atoms with Crippen molar-refractivity contribution in [1.29, 1.82) is 0 Å². The number of benzene rings is 3. The number of thioether (sulfide) groups is 1. The van der Waals surface area contributed by atoms with Crippen molar-refractivity contribution < 1.29 is 14.3 Å². The van der Waals surface area contributed by atoms with Crippen LogP contribution < -0.4 is 10.6 Å². The molecule has 0 fully saturated rings. The number of ether oxygens (including phenoxy) is 1. The van der Waals surface area contributed by atoms with Crippen molar-refractivity contribution in [3.05, 3.63) is 89.0 Å². The molecule has 0 aromatic heterocycles. The predicted molar refractivity (Wildman–Crippen MR) is 155 cm³/mol. The number of unbranched alkanes of at least 4 members (excludes halogenated alkanes) is 1. The van der Waals surface area contributed by atoms with E-state index >= 15 is 0 Å². The number of hydrogen-bond acceptors (Lipinski definition) is 5. The van der Waals surface area contributed by atoms with Crippen LogP contribution in [0.15, 0.2) is 66.7 Å². The third kappa shape index (κ3) is 7.86. The van der Waals surface area contributed by atoms with Crippen LogP contribution in [0.3, 0.4) is 0 Å². The second-order valence-corrected chi connectivity index (χ2v) is 10.1. The maximum Gasteiger partial charge on any atom is 0.328 e. The number of para-hydroxylation sites is 1. The fraction of sp³-hybridized carbons (Fsp3) is 0.355. The zero-order chi connectivity index (χ0) is 26.6. The van der Waals surface area contributed by atoms with E-state index in [-0.39, 0.29) is 5.91 Å². The lowest BCUT2D eigenvalue weighted by Crippen LogP contribution is -2.42. The molecule has 1 atom stereocenters. The van der Waals surface area contributed by atoms with E-state index in [9.17, 15) is 9.59 Å². The van der Waals surface area contributed by atoms with E-state index < -0.39 is 12.0 Å². The first-order valence-corrected chi connectivity index (χ1v) is 14.3. The quantitative estimate of drug-likeness (QED) is 0.248. The molecule has 37 heavy (non-hydrogen) atoms. The second-order valence-electron chi connectivity index (χ2n) is 9.14. The average Bonchev–Trinajstić information content (AvgIpc) is 2.93. The van der Waals surface area contributed by atoms with Crippen molar-refractivity contribution in [1.82, 2.24) is 5.32 Å². The van der Waals surface area contributed by atoms with Crippen molar-refractivity contribution in [2.24, 2.45) is 0 Å². The number of carbonyl (C=O) groups excluding carboxylic acids is 2. The molecule has 5 nitrogen and oxygen atoms in total. The third-order valence-electron chi connectivity index (χ3n) is 6.47. The summed E-state index contributed by atoms with van der Waals surface area (Å²) in [4.78, 5) is 25.7. The summed E-state index contributed by atoms with van der Waals surface area (Å²) < 4.78 is 4.94. The smallest absolute Gasteiger partial charge is 0.328 e. The monoisotopic (exact) mass is 518 g/mol. The first kappa shape index (κ1) is 28.3. The Hall–Kier alpha value is -3.25. The Balaban J connectivity index is 1.90. The lowest BCUT2D eigenvalue weighted by molar-refractivity contribution is -0.142. The number of esters is 1. The molecular weight excluding hydrogens is 480 g/mol. The normalized spacial score (nSPS) is 11.6. The first-order chi connectivity index (χ1) is 18.0. The number of carbonyl (C=O) groups is 2. The average molecular weight is 519 g/mol. The Morgan fingerprint density at radius 1 is 1.00 bits per heavy atom. The number of methoxy groups -OCH3 is 1. The molecule has 0 bridgehead atoms. The number of hydrogen-bond donors (Lipinski definition) is 2. The van der Waals surface area contributed by atoms with E-state index in [0.29, 0.717) is 18.5 Å². The first-order valence-electron chi connectivity index (χ1n) is 12.9. The SMILES string of the molecule is CCCCc1ccccc1NCc1ccc(C(=O)N[C@@H](CCSC)C(=O)OC)c(-c2ccccc2C)c1. The van der Waals surface area contributed by atoms with Crippen LogP contribution >= 0.6 is 11.8 Å². The number of amides is 1. The van der Waals surface area contributed by atoms with Crippen LogP contribution in [0.1, 0.15) is 53.2 Å². The van der Waals surface area contributed by atoms with Gasteiger partial charge in [0, 0.05) is 17.8 Å². The van der Waals surface area contributed by atoms with Crippen molar-refractivity contribution >= 4 is 29.3 Å². The van der Waals surface area contributed by atoms with Gasteiger partial charge in [0.05, 0.1) is 7.11 Å². The fourth-order valence-corrected chi connectivity index (χ4v) is 4.81. The van der Waals surface area contributed by atoms with Crippen LogP contribution in [0, 0.1) is 6.92 Å². The van der Waals surface area contributed by atoms with E-state index in [0.717, 1.165) is 53.0 Å². The van der Waals surface area contributed by atoms with Gasteiger partial charge in [0.15, 0.2) is 0 Å². The van der Waals surface area contributed by atoms with Gasteiger partial charge >= 0.3 is 5.97 Å². The Morgan fingerprint density at radius 2 is 1.76 bits per heavy atom. The van der Waals surface area contributed by atoms with Crippen molar-refractivity contribution in [2.75, 3.05) is 24.4 Å². The summed E-state index contributed by atoms with van der Waals surface area (Å²) >= 11 is 1.63. The van der Waals surface area contributed by atoms with Gasteiger partial charge in [-0.1, -0.05) is 61.9 Å². The van der Waals surface area contributed by atoms with E-state index in [1.54, 1.807) is 11.8 Å². The number of rotatable bonds is 13. The molecule has 3 rings (SSSR count). The summed E-state index contributed by atoms with van der Waals surface area (Å²) in [6.45, 7) is 4.89. The molecule has 0 aliphatic carbocycles. The zero-order valence-electron chi connectivity index (χ0n) is 22.3. The minimum atomic E-state index is -0.685. The summed E-state index contributed by atoms with van der Waals surface area (Å²) in [7, 11) is 1.35. The molecule has 0 heterocycles. The highest BCUT2D eigenvalue weighted by Gasteiger charge is 2.24. The van der Waals surface area contributed by atoms with Gasteiger partial charge < -0.3 is 15.4 Å². The zero-order valence-corrected chi connectivity index (χ0v) is 23.1. The molecule has 0 saturated heterocycles. The molecule has 0 aliphatic rings. The van der Waals surface area contributed by atoms with Crippen LogP contribution in [0.2, 0.25) is 0 Å². The molecule has 3 aromatic rings. The van der Waals surface area contributed by atoms with Gasteiger partial charge in [-0.3, -0.25) is 4.79 Å². The topological polar surface area (TPSA) is 67.4 Å². The Kier molecular flexibility index (Phi) is 11.1. The van der Waals surface area contributed by atoms with Crippen LogP contribution in [0.4, 0.5) is 5.69 Å². The molecule has 6 heteroatoms. The van der Waals surface area contributed by atoms with Gasteiger partial charge in [0.1, 0.15) is 6.04 Å². The molecule has 1 amide bonds. The summed E-state index contributed by atoms with van der Waals surface area (Å²) in [5.74, 6) is 0.0382. The molecule has 0 spiro atoms. The molecule has 2 N–H and O–H groups in total. The molecule has 3 aromatic carbocycles. The largest absolute Gasteiger partial charge is 0.467 e. The Labute approximate surface area is 225 Å². The van der Waals surface area contributed by atoms with Crippen LogP contribution in [0.5, 0.6) is 0 Å². The Bertz CT molecular complexity index is 1190. The Morgan fingerprint density at radius 3 is 2.49 bits per heavy atom. The van der Waals surface area contributed by atoms with E-state index in [4.69, 9.17) is 4.74 Å². The maximum atomic E-state index is 13.4. The lowest BCUT2D eigenvalue weighted by Gasteiger charge is -2.19. The highest BCUT2D eigenvalue weighted by Crippen LogP contribution is 2.29. The summed E-state index contributed by atoms with van der Waals surface area (Å²) in [5, 5.41) is 6.50. The summed E-state index contributed by atoms with van der Waals surface area (Å²) in [6.07, 6.45) is 5.85. The fourth-order valence-electron chi connectivity index (χ4n) is 4.34. The van der Waals surface area contributed by atoms with Crippen LogP contribution in [-0.2, 0) is 22.5 Å². The van der Waals surface area contributed by atoms with E-state index in [1.807, 2.05) is 49.6 Å². The van der Waals surface area contributed by atoms with Crippen molar-refractivity contribution in [3.8, 4) is 11.1 Å². The van der Waals surface area contributed by atoms with Gasteiger partial charge in [-0.15, -0.1) is 0 Å². The van der Waals surface area contributed by atoms with Gasteiger partial charge in [0.25, 0.3) is 5.91 Å². The number of aryl methyl sites for hydroxylation is 2. The van der Waals surface area contributed by atoms with Crippen LogP contribution in [-0.4, -0.2) is 37.0 Å². The second kappa shape index (κ2) is 14.5. The summed E-state index contributed by atoms with van der Waals surface area (Å²) in [5.41, 5.74) is 7.01. The highest BCUT2D eigenvalue weighted by molar-refractivity contribution is 7.98. The van der Waals surface area contributed by atoms with Gasteiger partial charge in [0.2, 0.25) is 0 Å². The maximum absolute atomic E-state index is 13.4. The summed E-state index contributed by atoms with van der Waals surface area (Å²) in [6, 6.07) is 21.7. The third-order valence-corrected chi connectivity index (χ3v) is 7.11. The molecule has 196 valence electrons. The highest BCUT2D eigenvalue weighted by atomic mass is 32.2. The molecular formula is C31H38N2O3S.